The number of sulfonamides is 1. The molecule has 3 aromatic rings. The number of halogens is 2. The summed E-state index contributed by atoms with van der Waals surface area (Å²) in [5.41, 5.74) is 2.05. The van der Waals surface area contributed by atoms with Gasteiger partial charge in [-0.3, -0.25) is 9.52 Å². The van der Waals surface area contributed by atoms with E-state index in [2.05, 4.69) is 26.0 Å². The first-order chi connectivity index (χ1) is 14.3. The number of nitrogens with one attached hydrogen (secondary N) is 2. The van der Waals surface area contributed by atoms with E-state index in [-0.39, 0.29) is 16.6 Å². The largest absolute Gasteiger partial charge is 0.325 e. The van der Waals surface area contributed by atoms with Gasteiger partial charge in [0.05, 0.1) is 10.6 Å². The minimum Gasteiger partial charge on any atom is -0.325 e. The number of carbonyl (C=O) groups is 1. The molecule has 0 spiro atoms. The lowest BCUT2D eigenvalue weighted by Gasteiger charge is -2.10. The molecular weight excluding hydrogens is 508 g/mol. The Kier molecular flexibility index (Phi) is 7.82. The smallest absolute Gasteiger partial charge is 0.261 e. The highest BCUT2D eigenvalue weighted by molar-refractivity contribution is 9.10. The van der Waals surface area contributed by atoms with Crippen molar-refractivity contribution < 1.29 is 13.2 Å². The van der Waals surface area contributed by atoms with E-state index in [0.29, 0.717) is 22.2 Å². The molecule has 5 nitrogen and oxygen atoms in total. The SMILES string of the molecule is O=C(CSCc1cccc(Cl)c1)Nc1ccc(S(=O)(=O)Nc2ccc(Br)cc2)cc1. The maximum absolute atomic E-state index is 12.5. The zero-order valence-corrected chi connectivity index (χ0v) is 19.6. The summed E-state index contributed by atoms with van der Waals surface area (Å²) in [7, 11) is -3.71. The average Bonchev–Trinajstić information content (AvgIpc) is 2.70. The van der Waals surface area contributed by atoms with Crippen LogP contribution < -0.4 is 10.0 Å². The van der Waals surface area contributed by atoms with Crippen LogP contribution in [0.1, 0.15) is 5.56 Å². The minimum atomic E-state index is -3.71. The number of anilines is 2. The van der Waals surface area contributed by atoms with Gasteiger partial charge in [-0.2, -0.15) is 0 Å². The summed E-state index contributed by atoms with van der Waals surface area (Å²) < 4.78 is 28.4. The van der Waals surface area contributed by atoms with Crippen LogP contribution in [-0.4, -0.2) is 20.1 Å². The van der Waals surface area contributed by atoms with Gasteiger partial charge in [0.2, 0.25) is 5.91 Å². The summed E-state index contributed by atoms with van der Waals surface area (Å²) in [6.07, 6.45) is 0. The van der Waals surface area contributed by atoms with Crippen LogP contribution >= 0.6 is 39.3 Å². The summed E-state index contributed by atoms with van der Waals surface area (Å²) in [6, 6.07) is 20.4. The highest BCUT2D eigenvalue weighted by Gasteiger charge is 2.14. The Hall–Kier alpha value is -2.00. The molecule has 0 heterocycles. The van der Waals surface area contributed by atoms with E-state index >= 15 is 0 Å². The van der Waals surface area contributed by atoms with Crippen molar-refractivity contribution in [3.05, 3.63) is 87.9 Å². The number of hydrogen-bond acceptors (Lipinski definition) is 4. The second kappa shape index (κ2) is 10.3. The third-order valence-corrected chi connectivity index (χ3v) is 7.10. The first-order valence-corrected chi connectivity index (χ1v) is 12.6. The van der Waals surface area contributed by atoms with Crippen molar-refractivity contribution in [2.24, 2.45) is 0 Å². The molecule has 30 heavy (non-hydrogen) atoms. The van der Waals surface area contributed by atoms with E-state index in [1.165, 1.54) is 23.9 Å². The fourth-order valence-corrected chi connectivity index (χ4v) is 4.85. The van der Waals surface area contributed by atoms with E-state index in [9.17, 15) is 13.2 Å². The maximum Gasteiger partial charge on any atom is 0.261 e. The van der Waals surface area contributed by atoms with Gasteiger partial charge >= 0.3 is 0 Å². The molecule has 0 atom stereocenters. The van der Waals surface area contributed by atoms with Crippen LogP contribution in [0.2, 0.25) is 5.02 Å². The number of thioether (sulfide) groups is 1. The van der Waals surface area contributed by atoms with Crippen molar-refractivity contribution in [3.8, 4) is 0 Å². The highest BCUT2D eigenvalue weighted by Crippen LogP contribution is 2.21. The molecule has 0 unspecified atom stereocenters. The van der Waals surface area contributed by atoms with Crippen LogP contribution in [0.25, 0.3) is 0 Å². The topological polar surface area (TPSA) is 75.3 Å². The van der Waals surface area contributed by atoms with Gasteiger partial charge in [-0.1, -0.05) is 39.7 Å². The van der Waals surface area contributed by atoms with Crippen LogP contribution in [0.4, 0.5) is 11.4 Å². The van der Waals surface area contributed by atoms with Gasteiger partial charge in [0.1, 0.15) is 0 Å². The summed E-state index contributed by atoms with van der Waals surface area (Å²) in [4.78, 5) is 12.2. The fourth-order valence-electron chi connectivity index (χ4n) is 2.53. The minimum absolute atomic E-state index is 0.110. The molecule has 0 aliphatic carbocycles. The summed E-state index contributed by atoms with van der Waals surface area (Å²) in [5.74, 6) is 0.788. The molecule has 0 saturated heterocycles. The Labute approximate surface area is 193 Å². The number of carbonyl (C=O) groups excluding carboxylic acids is 1. The lowest BCUT2D eigenvalue weighted by atomic mass is 10.2. The van der Waals surface area contributed by atoms with Crippen molar-refractivity contribution in [2.75, 3.05) is 15.8 Å². The molecule has 0 aliphatic rings. The van der Waals surface area contributed by atoms with Crippen molar-refractivity contribution in [2.45, 2.75) is 10.6 Å². The molecule has 0 aromatic heterocycles. The van der Waals surface area contributed by atoms with Gasteiger partial charge in [0.15, 0.2) is 0 Å². The van der Waals surface area contributed by atoms with Gasteiger partial charge in [-0.05, 0) is 66.2 Å². The van der Waals surface area contributed by atoms with Crippen molar-refractivity contribution in [1.82, 2.24) is 0 Å². The lowest BCUT2D eigenvalue weighted by molar-refractivity contribution is -0.113. The van der Waals surface area contributed by atoms with Crippen molar-refractivity contribution >= 4 is 66.6 Å². The third-order valence-electron chi connectivity index (χ3n) is 3.94. The molecule has 0 bridgehead atoms. The molecule has 2 N–H and O–H groups in total. The highest BCUT2D eigenvalue weighted by atomic mass is 79.9. The van der Waals surface area contributed by atoms with Gasteiger partial charge in [0, 0.05) is 26.6 Å². The van der Waals surface area contributed by atoms with E-state index in [1.54, 1.807) is 42.5 Å². The van der Waals surface area contributed by atoms with Gasteiger partial charge in [-0.15, -0.1) is 11.8 Å². The Morgan fingerprint density at radius 1 is 0.967 bits per heavy atom. The maximum atomic E-state index is 12.5. The molecular formula is C21H18BrClN2O3S2. The Bertz CT molecular complexity index is 1120. The zero-order valence-electron chi connectivity index (χ0n) is 15.6. The molecule has 0 saturated carbocycles. The standard InChI is InChI=1S/C21H18BrClN2O3S2/c22-16-4-6-19(7-5-16)25-30(27,28)20-10-8-18(9-11-20)24-21(26)14-29-13-15-2-1-3-17(23)12-15/h1-12,25H,13-14H2,(H,24,26). The van der Waals surface area contributed by atoms with E-state index < -0.39 is 10.0 Å². The Morgan fingerprint density at radius 2 is 1.63 bits per heavy atom. The average molecular weight is 526 g/mol. The predicted octanol–water partition coefficient (Wildman–Crippen LogP) is 5.78. The molecule has 156 valence electrons. The molecule has 9 heteroatoms. The monoisotopic (exact) mass is 524 g/mol. The van der Waals surface area contributed by atoms with Crippen molar-refractivity contribution in [1.29, 1.82) is 0 Å². The normalized spacial score (nSPS) is 11.1. The first-order valence-electron chi connectivity index (χ1n) is 8.82. The number of amides is 1. The second-order valence-corrected chi connectivity index (χ2v) is 10.3. The molecule has 1 amide bonds. The number of benzene rings is 3. The molecule has 3 rings (SSSR count). The second-order valence-electron chi connectivity index (χ2n) is 6.31. The Balaban J connectivity index is 1.53. The van der Waals surface area contributed by atoms with Crippen LogP contribution in [0.3, 0.4) is 0 Å². The van der Waals surface area contributed by atoms with Crippen LogP contribution in [-0.2, 0) is 20.6 Å². The van der Waals surface area contributed by atoms with E-state index in [1.807, 2.05) is 18.2 Å². The Morgan fingerprint density at radius 3 is 2.30 bits per heavy atom. The van der Waals surface area contributed by atoms with E-state index in [4.69, 9.17) is 11.6 Å². The third kappa shape index (κ3) is 6.77. The fraction of sp³-hybridized carbons (Fsp3) is 0.0952. The lowest BCUT2D eigenvalue weighted by Crippen LogP contribution is -2.15. The quantitative estimate of drug-likeness (QED) is 0.391. The van der Waals surface area contributed by atoms with Gasteiger partial charge in [0.25, 0.3) is 10.0 Å². The van der Waals surface area contributed by atoms with Gasteiger partial charge < -0.3 is 5.32 Å². The zero-order chi connectivity index (χ0) is 21.6. The van der Waals surface area contributed by atoms with Crippen LogP contribution in [0.15, 0.2) is 82.2 Å². The summed E-state index contributed by atoms with van der Waals surface area (Å²) in [5, 5.41) is 3.44. The van der Waals surface area contributed by atoms with E-state index in [0.717, 1.165) is 10.0 Å². The number of rotatable bonds is 8. The predicted molar refractivity (Wildman–Crippen MR) is 128 cm³/mol. The summed E-state index contributed by atoms with van der Waals surface area (Å²) in [6.45, 7) is 0. The van der Waals surface area contributed by atoms with Gasteiger partial charge in [-0.25, -0.2) is 8.42 Å². The van der Waals surface area contributed by atoms with Crippen LogP contribution in [0.5, 0.6) is 0 Å². The molecule has 0 fully saturated rings. The molecule has 3 aromatic carbocycles. The van der Waals surface area contributed by atoms with Crippen molar-refractivity contribution in [3.63, 3.8) is 0 Å². The molecule has 0 radical (unpaired) electrons. The van der Waals surface area contributed by atoms with Crippen LogP contribution in [0, 0.1) is 0 Å². The first kappa shape index (κ1) is 22.7. The summed E-state index contributed by atoms with van der Waals surface area (Å²) >= 11 is 10.7. The molecule has 0 aliphatic heterocycles. The number of hydrogen-bond donors (Lipinski definition) is 2.